The molecule has 0 aliphatic rings. The fourth-order valence-electron chi connectivity index (χ4n) is 7.71. The number of pyridine rings is 1. The molecule has 0 atom stereocenters. The van der Waals surface area contributed by atoms with Gasteiger partial charge >= 0.3 is 0 Å². The Morgan fingerprint density at radius 1 is 0.346 bits per heavy atom. The van der Waals surface area contributed by atoms with Crippen molar-refractivity contribution in [2.24, 2.45) is 0 Å². The Balaban J connectivity index is 1.16. The largest absolute Gasteiger partial charge is 0.455 e. The maximum atomic E-state index is 6.48. The second-order valence-corrected chi connectivity index (χ2v) is 13.1. The van der Waals surface area contributed by atoms with E-state index in [1.807, 2.05) is 54.6 Å². The number of fused-ring (bicyclic) bond motifs is 9. The summed E-state index contributed by atoms with van der Waals surface area (Å²) < 4.78 is 12.9. The van der Waals surface area contributed by atoms with Gasteiger partial charge in [0.2, 0.25) is 0 Å². The molecule has 11 rings (SSSR count). The summed E-state index contributed by atoms with van der Waals surface area (Å²) in [5, 5.41) is 7.40. The van der Waals surface area contributed by atoms with Crippen LogP contribution in [0.4, 0.5) is 0 Å². The number of para-hydroxylation sites is 3. The minimum Gasteiger partial charge on any atom is -0.455 e. The Morgan fingerprint density at radius 3 is 1.67 bits per heavy atom. The SMILES string of the molecule is c1ccc(-c2nc(-c3ccc(-c4nc5c6ccccc6oc5c5ccccc45)c4ccccc34)cc(-c3cccc4c3oc3ccccc34)n2)cc1. The topological polar surface area (TPSA) is 65.0 Å². The molecule has 0 saturated carbocycles. The highest BCUT2D eigenvalue weighted by Gasteiger charge is 2.21. The first kappa shape index (κ1) is 28.7. The maximum Gasteiger partial charge on any atom is 0.161 e. The van der Waals surface area contributed by atoms with Gasteiger partial charge in [-0.3, -0.25) is 0 Å². The van der Waals surface area contributed by atoms with E-state index in [-0.39, 0.29) is 0 Å². The van der Waals surface area contributed by atoms with Gasteiger partial charge < -0.3 is 8.83 Å². The normalized spacial score (nSPS) is 11.8. The highest BCUT2D eigenvalue weighted by atomic mass is 16.3. The van der Waals surface area contributed by atoms with Gasteiger partial charge in [-0.15, -0.1) is 0 Å². The summed E-state index contributed by atoms with van der Waals surface area (Å²) in [7, 11) is 0. The molecule has 5 nitrogen and oxygen atoms in total. The zero-order chi connectivity index (χ0) is 34.2. The van der Waals surface area contributed by atoms with Gasteiger partial charge in [-0.1, -0.05) is 133 Å². The number of aromatic nitrogens is 3. The van der Waals surface area contributed by atoms with E-state index < -0.39 is 0 Å². The summed E-state index contributed by atoms with van der Waals surface area (Å²) in [5.41, 5.74) is 10.6. The van der Waals surface area contributed by atoms with Crippen molar-refractivity contribution in [3.63, 3.8) is 0 Å². The number of furan rings is 2. The molecule has 4 aromatic heterocycles. The van der Waals surface area contributed by atoms with Gasteiger partial charge in [-0.05, 0) is 41.1 Å². The van der Waals surface area contributed by atoms with Crippen LogP contribution in [0.25, 0.3) is 111 Å². The van der Waals surface area contributed by atoms with Crippen LogP contribution in [0.5, 0.6) is 0 Å². The molecule has 0 spiro atoms. The molecule has 0 radical (unpaired) electrons. The number of hydrogen-bond donors (Lipinski definition) is 0. The van der Waals surface area contributed by atoms with Crippen LogP contribution in [0.15, 0.2) is 173 Å². The highest BCUT2D eigenvalue weighted by Crippen LogP contribution is 2.42. The van der Waals surface area contributed by atoms with Gasteiger partial charge in [0.25, 0.3) is 0 Å². The Bertz CT molecular complexity index is 3190. The molecule has 242 valence electrons. The molecule has 4 heterocycles. The average molecular weight is 666 g/mol. The van der Waals surface area contributed by atoms with Crippen molar-refractivity contribution in [2.75, 3.05) is 0 Å². The number of benzene rings is 7. The Morgan fingerprint density at radius 2 is 0.885 bits per heavy atom. The third kappa shape index (κ3) is 4.33. The van der Waals surface area contributed by atoms with Crippen LogP contribution in [0.1, 0.15) is 0 Å². The van der Waals surface area contributed by atoms with Crippen molar-refractivity contribution < 1.29 is 8.83 Å². The molecule has 0 saturated heterocycles. The molecular weight excluding hydrogens is 639 g/mol. The second kappa shape index (κ2) is 11.2. The fraction of sp³-hybridized carbons (Fsp3) is 0. The lowest BCUT2D eigenvalue weighted by Crippen LogP contribution is -1.97. The van der Waals surface area contributed by atoms with Crippen molar-refractivity contribution >= 4 is 65.6 Å². The number of rotatable bonds is 4. The lowest BCUT2D eigenvalue weighted by molar-refractivity contribution is 0.669. The fourth-order valence-corrected chi connectivity index (χ4v) is 7.71. The molecule has 7 aromatic carbocycles. The van der Waals surface area contributed by atoms with Gasteiger partial charge in [-0.2, -0.15) is 0 Å². The molecule has 0 aliphatic heterocycles. The van der Waals surface area contributed by atoms with Gasteiger partial charge in [0.15, 0.2) is 11.4 Å². The van der Waals surface area contributed by atoms with Crippen LogP contribution in [-0.2, 0) is 0 Å². The second-order valence-electron chi connectivity index (χ2n) is 13.1. The average Bonchev–Trinajstić information content (AvgIpc) is 3.79. The standard InChI is InChI=1S/C47H27N3O2/c1-2-13-28(14-3-1)47-48-39(27-40(49-47)37-22-12-21-35-32-17-8-10-23-41(32)51-45(35)37)31-25-26-34(30-16-5-4-15-29(30)31)43-33-18-6-7-19-36(33)46-44(50-43)38-20-9-11-24-42(38)52-46/h1-27H. The third-order valence-electron chi connectivity index (χ3n) is 10.1. The van der Waals surface area contributed by atoms with Crippen LogP contribution < -0.4 is 0 Å². The van der Waals surface area contributed by atoms with E-state index in [2.05, 4.69) is 109 Å². The summed E-state index contributed by atoms with van der Waals surface area (Å²) in [6.45, 7) is 0. The predicted molar refractivity (Wildman–Crippen MR) is 211 cm³/mol. The Hall–Kier alpha value is -7.11. The third-order valence-corrected chi connectivity index (χ3v) is 10.1. The molecule has 0 aliphatic carbocycles. The van der Waals surface area contributed by atoms with Crippen molar-refractivity contribution in [1.29, 1.82) is 0 Å². The van der Waals surface area contributed by atoms with E-state index in [0.29, 0.717) is 5.82 Å². The molecule has 0 N–H and O–H groups in total. The molecule has 11 aromatic rings. The smallest absolute Gasteiger partial charge is 0.161 e. The van der Waals surface area contributed by atoms with Gasteiger partial charge in [0.05, 0.1) is 17.1 Å². The van der Waals surface area contributed by atoms with Gasteiger partial charge in [0, 0.05) is 49.2 Å². The molecule has 0 amide bonds. The molecular formula is C47H27N3O2. The summed E-state index contributed by atoms with van der Waals surface area (Å²) in [6.07, 6.45) is 0. The van der Waals surface area contributed by atoms with Crippen molar-refractivity contribution in [2.45, 2.75) is 0 Å². The van der Waals surface area contributed by atoms with E-state index >= 15 is 0 Å². The summed E-state index contributed by atoms with van der Waals surface area (Å²) in [4.78, 5) is 15.7. The molecule has 0 fully saturated rings. The van der Waals surface area contributed by atoms with Crippen LogP contribution in [0.3, 0.4) is 0 Å². The van der Waals surface area contributed by atoms with Crippen LogP contribution in [-0.4, -0.2) is 15.0 Å². The highest BCUT2D eigenvalue weighted by molar-refractivity contribution is 6.18. The van der Waals surface area contributed by atoms with E-state index in [1.165, 1.54) is 0 Å². The first-order chi connectivity index (χ1) is 25.8. The summed E-state index contributed by atoms with van der Waals surface area (Å²) in [5.74, 6) is 0.652. The van der Waals surface area contributed by atoms with Gasteiger partial charge in [0.1, 0.15) is 22.3 Å². The van der Waals surface area contributed by atoms with E-state index in [1.54, 1.807) is 0 Å². The zero-order valence-electron chi connectivity index (χ0n) is 27.7. The van der Waals surface area contributed by atoms with Gasteiger partial charge in [-0.25, -0.2) is 15.0 Å². The minimum absolute atomic E-state index is 0.652. The predicted octanol–water partition coefficient (Wildman–Crippen LogP) is 12.6. The number of nitrogens with zero attached hydrogens (tertiary/aromatic N) is 3. The Labute approximate surface area is 297 Å². The van der Waals surface area contributed by atoms with Crippen LogP contribution in [0, 0.1) is 0 Å². The Kier molecular flexibility index (Phi) is 6.18. The first-order valence-corrected chi connectivity index (χ1v) is 17.4. The molecule has 0 unspecified atom stereocenters. The van der Waals surface area contributed by atoms with Crippen LogP contribution >= 0.6 is 0 Å². The zero-order valence-corrected chi connectivity index (χ0v) is 27.7. The first-order valence-electron chi connectivity index (χ1n) is 17.4. The summed E-state index contributed by atoms with van der Waals surface area (Å²) >= 11 is 0. The van der Waals surface area contributed by atoms with E-state index in [0.717, 1.165) is 105 Å². The van der Waals surface area contributed by atoms with E-state index in [9.17, 15) is 0 Å². The summed E-state index contributed by atoms with van der Waals surface area (Å²) in [6, 6.07) is 56.1. The monoisotopic (exact) mass is 665 g/mol. The minimum atomic E-state index is 0.652. The van der Waals surface area contributed by atoms with Crippen molar-refractivity contribution in [3.8, 4) is 45.2 Å². The lowest BCUT2D eigenvalue weighted by Gasteiger charge is -2.15. The quantitative estimate of drug-likeness (QED) is 0.187. The molecule has 52 heavy (non-hydrogen) atoms. The number of hydrogen-bond acceptors (Lipinski definition) is 5. The molecule has 0 bridgehead atoms. The lowest BCUT2D eigenvalue weighted by atomic mass is 9.93. The maximum absolute atomic E-state index is 6.48. The van der Waals surface area contributed by atoms with E-state index in [4.69, 9.17) is 23.8 Å². The van der Waals surface area contributed by atoms with Crippen LogP contribution in [0.2, 0.25) is 0 Å². The van der Waals surface area contributed by atoms with Crippen molar-refractivity contribution in [3.05, 3.63) is 164 Å². The van der Waals surface area contributed by atoms with Crippen molar-refractivity contribution in [1.82, 2.24) is 15.0 Å². The molecule has 5 heteroatoms.